The number of benzene rings is 1. The van der Waals surface area contributed by atoms with Gasteiger partial charge in [-0.3, -0.25) is 14.9 Å². The monoisotopic (exact) mass is 531 g/mol. The van der Waals surface area contributed by atoms with Crippen LogP contribution in [0.3, 0.4) is 0 Å². The predicted molar refractivity (Wildman–Crippen MR) is 138 cm³/mol. The Hall–Kier alpha value is -3.12. The van der Waals surface area contributed by atoms with Gasteiger partial charge in [-0.05, 0) is 55.9 Å². The number of hydrogen-bond acceptors (Lipinski definition) is 7. The Morgan fingerprint density at radius 2 is 2.03 bits per heavy atom. The third-order valence-corrected chi connectivity index (χ3v) is 8.34. The molecule has 11 nitrogen and oxygen atoms in total. The van der Waals surface area contributed by atoms with Crippen molar-refractivity contribution in [2.24, 2.45) is 17.0 Å². The minimum Gasteiger partial charge on any atom is -0.477 e. The molecule has 0 bridgehead atoms. The molecule has 3 rings (SSSR count). The van der Waals surface area contributed by atoms with Gasteiger partial charge in [-0.25, -0.2) is 4.79 Å². The van der Waals surface area contributed by atoms with Crippen molar-refractivity contribution >= 4 is 37.6 Å². The van der Waals surface area contributed by atoms with Crippen molar-refractivity contribution in [1.29, 1.82) is 0 Å². The van der Waals surface area contributed by atoms with Crippen molar-refractivity contribution in [1.82, 2.24) is 4.90 Å². The molecule has 13 heteroatoms. The molecular weight excluding hydrogens is 502 g/mol. The summed E-state index contributed by atoms with van der Waals surface area (Å²) in [6.45, 7) is 9.87. The number of nitrogens with zero attached hydrogens (tertiary/aromatic N) is 5. The number of carbonyl (C=O) groups is 2. The molecular formula is C23H29N5O6SSi. The van der Waals surface area contributed by atoms with E-state index in [1.807, 2.05) is 26.6 Å². The number of allylic oxidation sites excluding steroid dienone is 1. The fourth-order valence-corrected chi connectivity index (χ4v) is 7.18. The number of fused-ring (bicyclic) bond motifs is 1. The Morgan fingerprint density at radius 3 is 2.56 bits per heavy atom. The number of amides is 1. The molecule has 1 unspecified atom stereocenters. The van der Waals surface area contributed by atoms with Crippen molar-refractivity contribution in [3.8, 4) is 0 Å². The van der Waals surface area contributed by atoms with Gasteiger partial charge in [0, 0.05) is 34.4 Å². The van der Waals surface area contributed by atoms with Gasteiger partial charge in [0.1, 0.15) is 5.70 Å². The van der Waals surface area contributed by atoms with Crippen LogP contribution in [0, 0.1) is 22.0 Å². The highest BCUT2D eigenvalue weighted by atomic mass is 32.2. The van der Waals surface area contributed by atoms with E-state index < -0.39 is 31.2 Å². The summed E-state index contributed by atoms with van der Waals surface area (Å²) in [6.07, 6.45) is 1.71. The number of aliphatic carboxylic acids is 1. The minimum absolute atomic E-state index is 0.0335. The molecule has 1 fully saturated rings. The molecule has 1 aromatic carbocycles. The number of rotatable bonds is 11. The third-order valence-electron chi connectivity index (χ3n) is 6.06. The Bertz CT molecular complexity index is 1170. The van der Waals surface area contributed by atoms with Crippen LogP contribution >= 0.6 is 11.8 Å². The number of carbonyl (C=O) groups excluding carboxylic acids is 1. The first kappa shape index (κ1) is 27.5. The second-order valence-electron chi connectivity index (χ2n) is 9.74. The van der Waals surface area contributed by atoms with Crippen molar-refractivity contribution in [3.63, 3.8) is 0 Å². The smallest absolute Gasteiger partial charge is 0.353 e. The molecule has 1 amide bonds. The van der Waals surface area contributed by atoms with Gasteiger partial charge in [-0.1, -0.05) is 35.1 Å². The lowest BCUT2D eigenvalue weighted by Crippen LogP contribution is -2.65. The van der Waals surface area contributed by atoms with Gasteiger partial charge in [0.2, 0.25) is 5.91 Å². The lowest BCUT2D eigenvalue weighted by atomic mass is 9.76. The van der Waals surface area contributed by atoms with E-state index in [-0.39, 0.29) is 35.9 Å². The maximum Gasteiger partial charge on any atom is 0.353 e. The number of carboxylic acid groups (broad SMARTS) is 1. The van der Waals surface area contributed by atoms with E-state index in [0.29, 0.717) is 11.3 Å². The molecule has 0 aromatic heterocycles. The number of β-lactam (4-membered cyclic amide) rings is 1. The van der Waals surface area contributed by atoms with Gasteiger partial charge in [0.15, 0.2) is 8.32 Å². The van der Waals surface area contributed by atoms with Crippen LogP contribution in [0.1, 0.15) is 19.4 Å². The van der Waals surface area contributed by atoms with Crippen LogP contribution in [-0.4, -0.2) is 53.8 Å². The predicted octanol–water partition coefficient (Wildman–Crippen LogP) is 5.08. The maximum absolute atomic E-state index is 13.3. The Balaban J connectivity index is 2.02. The Morgan fingerprint density at radius 1 is 1.39 bits per heavy atom. The first-order valence-electron chi connectivity index (χ1n) is 11.4. The Kier molecular flexibility index (Phi) is 8.29. The van der Waals surface area contributed by atoms with Crippen molar-refractivity contribution in [3.05, 3.63) is 72.0 Å². The van der Waals surface area contributed by atoms with Crippen molar-refractivity contribution in [2.75, 3.05) is 6.54 Å². The zero-order chi connectivity index (χ0) is 26.8. The van der Waals surface area contributed by atoms with Gasteiger partial charge in [0.25, 0.3) is 5.69 Å². The summed E-state index contributed by atoms with van der Waals surface area (Å²) in [6, 6.07) is 5.75. The second-order valence-corrected chi connectivity index (χ2v) is 15.5. The Labute approximate surface area is 214 Å². The average molecular weight is 532 g/mol. The number of nitro groups is 1. The summed E-state index contributed by atoms with van der Waals surface area (Å²) >= 11 is 1.25. The highest BCUT2D eigenvalue weighted by Crippen LogP contribution is 2.53. The molecule has 0 saturated carbocycles. The maximum atomic E-state index is 13.3. The normalized spacial score (nSPS) is 22.6. The molecule has 1 N–H and O–H groups in total. The van der Waals surface area contributed by atoms with E-state index in [9.17, 15) is 24.8 Å². The number of non-ortho nitro benzene ring substituents is 1. The molecule has 1 aromatic rings. The van der Waals surface area contributed by atoms with Gasteiger partial charge in [-0.15, -0.1) is 0 Å². The molecule has 0 spiro atoms. The van der Waals surface area contributed by atoms with Crippen LogP contribution in [0.25, 0.3) is 10.4 Å². The summed E-state index contributed by atoms with van der Waals surface area (Å²) in [4.78, 5) is 41.6. The lowest BCUT2D eigenvalue weighted by Gasteiger charge is -2.49. The molecule has 2 aliphatic heterocycles. The quantitative estimate of drug-likeness (QED) is 0.0793. The van der Waals surface area contributed by atoms with E-state index in [4.69, 9.17) is 9.96 Å². The first-order chi connectivity index (χ1) is 16.9. The van der Waals surface area contributed by atoms with Gasteiger partial charge >= 0.3 is 5.97 Å². The van der Waals surface area contributed by atoms with E-state index in [0.717, 1.165) is 10.5 Å². The zero-order valence-corrected chi connectivity index (χ0v) is 22.6. The fraction of sp³-hybridized carbons (Fsp3) is 0.478. The molecule has 2 heterocycles. The highest BCUT2D eigenvalue weighted by Gasteiger charge is 2.61. The largest absolute Gasteiger partial charge is 0.477 e. The highest BCUT2D eigenvalue weighted by molar-refractivity contribution is 8.06. The summed E-state index contributed by atoms with van der Waals surface area (Å²) in [5.41, 5.74) is 9.26. The summed E-state index contributed by atoms with van der Waals surface area (Å²) in [5, 5.41) is 24.7. The van der Waals surface area contributed by atoms with Crippen LogP contribution in [0.2, 0.25) is 19.6 Å². The van der Waals surface area contributed by atoms with E-state index in [2.05, 4.69) is 10.0 Å². The average Bonchev–Trinajstić information content (AvgIpc) is 3.02. The van der Waals surface area contributed by atoms with Crippen LogP contribution in [0.4, 0.5) is 5.69 Å². The SMILES string of the molecule is C/C(=C/CN=[N+]=[N-])SC1=C(C(=O)O)N2C(=O)[C@@H]([C@H](C)O[Si](C)(C)C)[C@@H]2C1Cc1ccc([N+](=O)[O-])cc1. The third kappa shape index (κ3) is 5.81. The molecule has 2 aliphatic rings. The van der Waals surface area contributed by atoms with E-state index >= 15 is 0 Å². The first-order valence-corrected chi connectivity index (χ1v) is 15.6. The summed E-state index contributed by atoms with van der Waals surface area (Å²) in [5.74, 6) is -2.31. The molecule has 36 heavy (non-hydrogen) atoms. The van der Waals surface area contributed by atoms with Crippen molar-refractivity contribution in [2.45, 2.75) is 52.1 Å². The second kappa shape index (κ2) is 10.9. The minimum atomic E-state index is -1.97. The standard InChI is InChI=1S/C23H29N5O6SSi/c1-13(10-11-25-26-24)35-21-17(12-15-6-8-16(9-7-15)28(32)33)19-18(14(2)34-36(3,4)5)22(29)27(19)20(21)23(30)31/h6-10,14,17-19H,11-12H2,1-5H3,(H,30,31)/b13-10-/t14-,17?,18-,19-/m0/s1. The molecule has 1 saturated heterocycles. The van der Waals surface area contributed by atoms with E-state index in [1.165, 1.54) is 28.8 Å². The summed E-state index contributed by atoms with van der Waals surface area (Å²) < 4.78 is 6.22. The van der Waals surface area contributed by atoms with Gasteiger partial charge in [-0.2, -0.15) is 0 Å². The number of carboxylic acids is 1. The number of hydrogen-bond donors (Lipinski definition) is 1. The fourth-order valence-electron chi connectivity index (χ4n) is 4.76. The van der Waals surface area contributed by atoms with Crippen LogP contribution in [0.5, 0.6) is 0 Å². The number of azide groups is 1. The van der Waals surface area contributed by atoms with Crippen LogP contribution < -0.4 is 0 Å². The summed E-state index contributed by atoms with van der Waals surface area (Å²) in [7, 11) is -1.97. The van der Waals surface area contributed by atoms with Crippen LogP contribution in [-0.2, 0) is 20.4 Å². The molecule has 192 valence electrons. The lowest BCUT2D eigenvalue weighted by molar-refractivity contribution is -0.384. The van der Waals surface area contributed by atoms with Crippen LogP contribution in [0.15, 0.2) is 51.0 Å². The molecule has 0 aliphatic carbocycles. The topological polar surface area (TPSA) is 159 Å². The van der Waals surface area contributed by atoms with E-state index in [1.54, 1.807) is 25.1 Å². The van der Waals surface area contributed by atoms with Crippen molar-refractivity contribution < 1.29 is 24.0 Å². The molecule has 0 radical (unpaired) electrons. The number of thioether (sulfide) groups is 1. The molecule has 4 atom stereocenters. The number of nitro benzene ring substituents is 1. The zero-order valence-electron chi connectivity index (χ0n) is 20.7. The van der Waals surface area contributed by atoms with Gasteiger partial charge in [0.05, 0.1) is 23.0 Å². The van der Waals surface area contributed by atoms with Gasteiger partial charge < -0.3 is 14.4 Å².